The number of carbonyl (C=O) groups is 1. The molecule has 0 aliphatic carbocycles. The number of anilines is 1. The van der Waals surface area contributed by atoms with E-state index in [-0.39, 0.29) is 16.8 Å². The number of hydrogen-bond donors (Lipinski definition) is 1. The molecule has 0 saturated carbocycles. The van der Waals surface area contributed by atoms with E-state index in [9.17, 15) is 13.2 Å². The molecule has 1 aliphatic rings. The van der Waals surface area contributed by atoms with Crippen LogP contribution in [0.2, 0.25) is 0 Å². The van der Waals surface area contributed by atoms with Crippen molar-refractivity contribution in [2.24, 2.45) is 0 Å². The van der Waals surface area contributed by atoms with Crippen molar-refractivity contribution in [1.29, 1.82) is 0 Å². The Balaban J connectivity index is 1.33. The number of piperazine rings is 1. The van der Waals surface area contributed by atoms with Crippen molar-refractivity contribution in [1.82, 2.24) is 9.80 Å². The summed E-state index contributed by atoms with van der Waals surface area (Å²) in [5.74, 6) is -0.154. The number of benzene rings is 4. The monoisotopic (exact) mass is 553 g/mol. The second-order valence-electron chi connectivity index (χ2n) is 10.4. The van der Waals surface area contributed by atoms with Gasteiger partial charge in [-0.15, -0.1) is 0 Å². The Morgan fingerprint density at radius 3 is 1.93 bits per heavy atom. The van der Waals surface area contributed by atoms with Gasteiger partial charge in [0, 0.05) is 31.7 Å². The van der Waals surface area contributed by atoms with Crippen LogP contribution in [-0.2, 0) is 10.0 Å². The Kier molecular flexibility index (Phi) is 8.05. The van der Waals surface area contributed by atoms with Crippen molar-refractivity contribution in [3.05, 3.63) is 130 Å². The van der Waals surface area contributed by atoms with Crippen LogP contribution in [0, 0.1) is 20.8 Å². The maximum Gasteiger partial charge on any atom is 0.262 e. The number of sulfonamides is 1. The van der Waals surface area contributed by atoms with Gasteiger partial charge >= 0.3 is 0 Å². The molecule has 0 aromatic heterocycles. The largest absolute Gasteiger partial charge is 0.336 e. The van der Waals surface area contributed by atoms with E-state index in [0.717, 1.165) is 11.1 Å². The molecule has 40 heavy (non-hydrogen) atoms. The summed E-state index contributed by atoms with van der Waals surface area (Å²) in [4.78, 5) is 17.9. The normalized spacial score (nSPS) is 14.3. The van der Waals surface area contributed by atoms with Crippen LogP contribution >= 0.6 is 0 Å². The Morgan fingerprint density at radius 2 is 1.32 bits per heavy atom. The molecule has 4 aromatic rings. The van der Waals surface area contributed by atoms with Crippen LogP contribution in [0.5, 0.6) is 0 Å². The Hall–Kier alpha value is -3.94. The van der Waals surface area contributed by atoms with Gasteiger partial charge in [0.25, 0.3) is 15.9 Å². The van der Waals surface area contributed by atoms with E-state index in [0.29, 0.717) is 43.0 Å². The van der Waals surface area contributed by atoms with Crippen LogP contribution in [0.4, 0.5) is 5.69 Å². The predicted octanol–water partition coefficient (Wildman–Crippen LogP) is 5.96. The number of nitrogens with one attached hydrogen (secondary N) is 1. The molecule has 0 atom stereocenters. The maximum atomic E-state index is 13.6. The minimum Gasteiger partial charge on any atom is -0.336 e. The summed E-state index contributed by atoms with van der Waals surface area (Å²) in [5.41, 5.74) is 5.82. The van der Waals surface area contributed by atoms with Crippen molar-refractivity contribution in [3.63, 3.8) is 0 Å². The lowest BCUT2D eigenvalue weighted by molar-refractivity contribution is 0.0597. The summed E-state index contributed by atoms with van der Waals surface area (Å²) < 4.78 is 29.5. The Bertz CT molecular complexity index is 1560. The summed E-state index contributed by atoms with van der Waals surface area (Å²) in [5, 5.41) is 0. The van der Waals surface area contributed by atoms with E-state index < -0.39 is 10.0 Å². The fourth-order valence-electron chi connectivity index (χ4n) is 5.33. The number of hydrogen-bond acceptors (Lipinski definition) is 4. The topological polar surface area (TPSA) is 69.7 Å². The van der Waals surface area contributed by atoms with Crippen LogP contribution < -0.4 is 4.72 Å². The highest BCUT2D eigenvalue weighted by Crippen LogP contribution is 2.30. The van der Waals surface area contributed by atoms with E-state index in [1.807, 2.05) is 43.0 Å². The first kappa shape index (κ1) is 27.6. The number of carbonyl (C=O) groups excluding carboxylic acids is 1. The van der Waals surface area contributed by atoms with Gasteiger partial charge in [0.15, 0.2) is 0 Å². The second-order valence-corrected chi connectivity index (χ2v) is 12.0. The molecule has 0 unspecified atom stereocenters. The second kappa shape index (κ2) is 11.7. The van der Waals surface area contributed by atoms with Gasteiger partial charge in [0.1, 0.15) is 0 Å². The van der Waals surface area contributed by atoms with Crippen molar-refractivity contribution in [2.45, 2.75) is 31.7 Å². The number of nitrogens with zero attached hydrogens (tertiary/aromatic N) is 2. The van der Waals surface area contributed by atoms with Gasteiger partial charge < -0.3 is 4.90 Å². The van der Waals surface area contributed by atoms with Gasteiger partial charge in [-0.2, -0.15) is 0 Å². The molecule has 206 valence electrons. The third kappa shape index (κ3) is 5.81. The number of aryl methyl sites for hydroxylation is 2. The summed E-state index contributed by atoms with van der Waals surface area (Å²) >= 11 is 0. The molecule has 0 bridgehead atoms. The molecule has 5 rings (SSSR count). The quantitative estimate of drug-likeness (QED) is 0.307. The summed E-state index contributed by atoms with van der Waals surface area (Å²) in [6, 6.07) is 31.4. The first-order valence-electron chi connectivity index (χ1n) is 13.6. The molecule has 1 aliphatic heterocycles. The average molecular weight is 554 g/mol. The maximum absolute atomic E-state index is 13.6. The zero-order valence-corrected chi connectivity index (χ0v) is 24.0. The van der Waals surface area contributed by atoms with Crippen LogP contribution in [0.25, 0.3) is 0 Å². The third-order valence-corrected chi connectivity index (χ3v) is 9.28. The molecule has 6 nitrogen and oxygen atoms in total. The lowest BCUT2D eigenvalue weighted by Crippen LogP contribution is -2.49. The molecule has 1 saturated heterocycles. The highest BCUT2D eigenvalue weighted by molar-refractivity contribution is 7.92. The van der Waals surface area contributed by atoms with Crippen molar-refractivity contribution in [2.75, 3.05) is 30.9 Å². The van der Waals surface area contributed by atoms with E-state index in [1.165, 1.54) is 17.2 Å². The smallest absolute Gasteiger partial charge is 0.262 e. The lowest BCUT2D eigenvalue weighted by Gasteiger charge is -2.40. The molecule has 1 heterocycles. The SMILES string of the molecule is Cc1ccc(C(=O)N2CCN(C(c3ccccc3)c3ccccc3)CC2)cc1S(=O)(=O)Nc1cccc(C)c1C. The molecule has 4 aromatic carbocycles. The highest BCUT2D eigenvalue weighted by Gasteiger charge is 2.29. The summed E-state index contributed by atoms with van der Waals surface area (Å²) in [6.45, 7) is 8.13. The minimum absolute atomic E-state index is 0.104. The fourth-order valence-corrected chi connectivity index (χ4v) is 6.73. The van der Waals surface area contributed by atoms with Gasteiger partial charge in [0.05, 0.1) is 16.6 Å². The highest BCUT2D eigenvalue weighted by atomic mass is 32.2. The number of rotatable bonds is 7. The van der Waals surface area contributed by atoms with Crippen LogP contribution in [0.1, 0.15) is 44.2 Å². The fraction of sp³-hybridized carbons (Fsp3) is 0.242. The van der Waals surface area contributed by atoms with Gasteiger partial charge in [-0.25, -0.2) is 8.42 Å². The first-order chi connectivity index (χ1) is 19.2. The van der Waals surface area contributed by atoms with Gasteiger partial charge in [-0.05, 0) is 66.8 Å². The van der Waals surface area contributed by atoms with Crippen LogP contribution in [-0.4, -0.2) is 50.3 Å². The predicted molar refractivity (Wildman–Crippen MR) is 160 cm³/mol. The van der Waals surface area contributed by atoms with E-state index in [1.54, 1.807) is 25.1 Å². The van der Waals surface area contributed by atoms with E-state index >= 15 is 0 Å². The molecule has 0 radical (unpaired) electrons. The van der Waals surface area contributed by atoms with E-state index in [4.69, 9.17) is 0 Å². The molecule has 1 fully saturated rings. The summed E-state index contributed by atoms with van der Waals surface area (Å²) in [6.07, 6.45) is 0. The standard InChI is InChI=1S/C33H35N3O3S/c1-24-11-10-16-30(26(24)3)34-40(38,39)31-23-29(18-17-25(31)2)33(37)36-21-19-35(20-22-36)32(27-12-6-4-7-13-27)28-14-8-5-9-15-28/h4-18,23,32,34H,19-22H2,1-3H3. The molecule has 1 N–H and O–H groups in total. The van der Waals surface area contributed by atoms with Gasteiger partial charge in [-0.3, -0.25) is 14.4 Å². The average Bonchev–Trinajstić information content (AvgIpc) is 2.97. The van der Waals surface area contributed by atoms with Crippen LogP contribution in [0.15, 0.2) is 102 Å². The Morgan fingerprint density at radius 1 is 0.725 bits per heavy atom. The Labute approximate surface area is 237 Å². The lowest BCUT2D eigenvalue weighted by atomic mass is 9.96. The molecule has 7 heteroatoms. The van der Waals surface area contributed by atoms with Crippen molar-refractivity contribution >= 4 is 21.6 Å². The number of amides is 1. The molecule has 0 spiro atoms. The first-order valence-corrected chi connectivity index (χ1v) is 15.1. The van der Waals surface area contributed by atoms with Gasteiger partial charge in [-0.1, -0.05) is 78.9 Å². The zero-order chi connectivity index (χ0) is 28.3. The third-order valence-electron chi connectivity index (χ3n) is 7.77. The summed E-state index contributed by atoms with van der Waals surface area (Å²) in [7, 11) is -3.88. The minimum atomic E-state index is -3.88. The van der Waals surface area contributed by atoms with Crippen molar-refractivity contribution in [3.8, 4) is 0 Å². The molecular formula is C33H35N3O3S. The van der Waals surface area contributed by atoms with E-state index in [2.05, 4.69) is 58.2 Å². The van der Waals surface area contributed by atoms with Crippen molar-refractivity contribution < 1.29 is 13.2 Å². The molecule has 1 amide bonds. The zero-order valence-electron chi connectivity index (χ0n) is 23.2. The van der Waals surface area contributed by atoms with Crippen LogP contribution in [0.3, 0.4) is 0 Å². The molecular weight excluding hydrogens is 518 g/mol. The van der Waals surface area contributed by atoms with Gasteiger partial charge in [0.2, 0.25) is 0 Å².